The van der Waals surface area contributed by atoms with Crippen molar-refractivity contribution in [3.63, 3.8) is 0 Å². The van der Waals surface area contributed by atoms with Crippen molar-refractivity contribution < 1.29 is 30.4 Å². The fourth-order valence-corrected chi connectivity index (χ4v) is 7.84. The summed E-state index contributed by atoms with van der Waals surface area (Å²) in [6.45, 7) is 12.9. The van der Waals surface area contributed by atoms with Gasteiger partial charge in [-0.2, -0.15) is 6.07 Å². The molecule has 10 rings (SSSR count). The molecule has 6 aromatic carbocycles. The molecule has 62 heavy (non-hydrogen) atoms. The van der Waals surface area contributed by atoms with Gasteiger partial charge in [0.25, 0.3) is 11.4 Å². The predicted octanol–water partition coefficient (Wildman–Crippen LogP) is 12.3. The summed E-state index contributed by atoms with van der Waals surface area (Å²) >= 11 is 0. The average molecular weight is 989 g/mol. The molecule has 1 aliphatic heterocycles. The van der Waals surface area contributed by atoms with Crippen LogP contribution in [0.15, 0.2) is 134 Å². The molecule has 0 aliphatic carbocycles. The molecule has 9 aromatic rings. The van der Waals surface area contributed by atoms with Crippen LogP contribution in [0.4, 0.5) is 17.1 Å². The van der Waals surface area contributed by atoms with E-state index < -0.39 is 0 Å². The third-order valence-corrected chi connectivity index (χ3v) is 11.2. The second-order valence-corrected chi connectivity index (χ2v) is 16.8. The van der Waals surface area contributed by atoms with Crippen LogP contribution in [0.3, 0.4) is 0 Å². The number of fused-ring (bicyclic) bond motifs is 4. The Morgan fingerprint density at radius 1 is 0.645 bits per heavy atom. The van der Waals surface area contributed by atoms with Gasteiger partial charge in [0, 0.05) is 46.5 Å². The van der Waals surface area contributed by atoms with Crippen molar-refractivity contribution in [3.8, 4) is 51.5 Å². The van der Waals surface area contributed by atoms with Crippen LogP contribution in [0.2, 0.25) is 0 Å². The molecule has 8 nitrogen and oxygen atoms in total. The van der Waals surface area contributed by atoms with Crippen LogP contribution in [-0.4, -0.2) is 42.1 Å². The van der Waals surface area contributed by atoms with Crippen molar-refractivity contribution in [1.29, 1.82) is 0 Å². The SMILES string of the molecule is Cc1ccc(-c2nc(-c3ccc(C)cc3)nc(-c3cc4c5cc(C(C)(C)C)ccc5n(-c5cc(C)ccn5)c4[c-]c3Oc3[c-]c([N+]4=C=[N+](C)c5ccccc54)ccc3)n2)cc1.[Pt+2]. The zero-order chi connectivity index (χ0) is 42.0. The van der Waals surface area contributed by atoms with E-state index in [9.17, 15) is 0 Å². The molecule has 0 amide bonds. The number of ether oxygens (including phenoxy) is 1. The largest absolute Gasteiger partial charge is 2.00 e. The summed E-state index contributed by atoms with van der Waals surface area (Å²) in [7, 11) is 1.99. The van der Waals surface area contributed by atoms with Crippen LogP contribution < -0.4 is 9.31 Å². The smallest absolute Gasteiger partial charge is 0.508 e. The molecule has 0 N–H and O–H groups in total. The summed E-state index contributed by atoms with van der Waals surface area (Å²) < 4.78 is 13.1. The predicted molar refractivity (Wildman–Crippen MR) is 244 cm³/mol. The number of aromatic nitrogens is 5. The standard InChI is InChI=1S/C53H43N7O.Pt/c1-33-15-19-36(20-16-33)50-55-51(37-21-17-34(2)18-22-37)57-52(56-50)43-30-42-41-28-38(53(4,5)6)23-24-44(41)60(49-27-35(3)25-26-54-49)47(42)31-48(43)61-40-12-10-11-39(29-40)59-32-58(7)45-13-8-9-14-46(45)59;/h8-28,30H,1-7H3;/q;+2. The average Bonchev–Trinajstić information content (AvgIpc) is 3.77. The topological polar surface area (TPSA) is 71.7 Å². The van der Waals surface area contributed by atoms with Crippen molar-refractivity contribution in [3.05, 3.63) is 168 Å². The Kier molecular flexibility index (Phi) is 10.4. The van der Waals surface area contributed by atoms with Crippen molar-refractivity contribution in [2.75, 3.05) is 7.05 Å². The Morgan fingerprint density at radius 2 is 1.31 bits per heavy atom. The van der Waals surface area contributed by atoms with E-state index in [0.29, 0.717) is 34.5 Å². The zero-order valence-electron chi connectivity index (χ0n) is 35.6. The van der Waals surface area contributed by atoms with Crippen LogP contribution in [-0.2, 0) is 26.5 Å². The molecule has 0 saturated carbocycles. The van der Waals surface area contributed by atoms with Crippen LogP contribution in [0.1, 0.15) is 43.0 Å². The van der Waals surface area contributed by atoms with Gasteiger partial charge in [0.1, 0.15) is 17.3 Å². The molecule has 1 aliphatic rings. The molecule has 0 saturated heterocycles. The summed E-state index contributed by atoms with van der Waals surface area (Å²) in [5, 5.41) is 2.04. The van der Waals surface area contributed by atoms with Crippen LogP contribution >= 0.6 is 0 Å². The van der Waals surface area contributed by atoms with Gasteiger partial charge in [-0.3, -0.25) is 0 Å². The Bertz CT molecular complexity index is 3220. The van der Waals surface area contributed by atoms with E-state index in [-0.39, 0.29) is 26.5 Å². The maximum Gasteiger partial charge on any atom is 2.00 e. The first-order valence-electron chi connectivity index (χ1n) is 20.4. The molecule has 0 bridgehead atoms. The number of hydrogen-bond acceptors (Lipinski definition) is 5. The summed E-state index contributed by atoms with van der Waals surface area (Å²) in [5.74, 6) is 3.31. The van der Waals surface area contributed by atoms with Crippen LogP contribution in [0.25, 0.3) is 61.8 Å². The van der Waals surface area contributed by atoms with E-state index in [1.54, 1.807) is 0 Å². The van der Waals surface area contributed by atoms with E-state index in [1.807, 2.05) is 58.8 Å². The first-order valence-corrected chi connectivity index (χ1v) is 20.4. The number of aryl methyl sites for hydroxylation is 3. The molecule has 0 fully saturated rings. The Labute approximate surface area is 375 Å². The van der Waals surface area contributed by atoms with Crippen LogP contribution in [0, 0.1) is 32.9 Å². The van der Waals surface area contributed by atoms with Gasteiger partial charge in [-0.1, -0.05) is 131 Å². The minimum atomic E-state index is -0.0831. The van der Waals surface area contributed by atoms with E-state index >= 15 is 0 Å². The van der Waals surface area contributed by atoms with Gasteiger partial charge >= 0.3 is 27.1 Å². The van der Waals surface area contributed by atoms with Gasteiger partial charge in [0.15, 0.2) is 18.7 Å². The third-order valence-electron chi connectivity index (χ3n) is 11.2. The monoisotopic (exact) mass is 988 g/mol. The zero-order valence-corrected chi connectivity index (χ0v) is 37.8. The van der Waals surface area contributed by atoms with Gasteiger partial charge in [0.2, 0.25) is 0 Å². The fourth-order valence-electron chi connectivity index (χ4n) is 7.84. The number of rotatable bonds is 7. The Morgan fingerprint density at radius 3 is 1.97 bits per heavy atom. The molecule has 0 radical (unpaired) electrons. The summed E-state index contributed by atoms with van der Waals surface area (Å²) in [6.07, 6.45) is 1.85. The first-order chi connectivity index (χ1) is 29.5. The number of nitrogens with zero attached hydrogens (tertiary/aromatic N) is 7. The Balaban J connectivity index is 0.00000490. The second-order valence-electron chi connectivity index (χ2n) is 16.8. The normalized spacial score (nSPS) is 12.2. The minimum Gasteiger partial charge on any atom is -0.508 e. The van der Waals surface area contributed by atoms with Gasteiger partial charge in [0.05, 0.1) is 0 Å². The number of benzene rings is 6. The van der Waals surface area contributed by atoms with Crippen molar-refractivity contribution in [2.24, 2.45) is 0 Å². The quantitative estimate of drug-likeness (QED) is 0.118. The van der Waals surface area contributed by atoms with Crippen molar-refractivity contribution in [2.45, 2.75) is 47.0 Å². The molecule has 9 heteroatoms. The minimum absolute atomic E-state index is 0. The number of para-hydroxylation sites is 2. The van der Waals surface area contributed by atoms with Gasteiger partial charge in [-0.05, 0) is 66.5 Å². The molecule has 0 spiro atoms. The van der Waals surface area contributed by atoms with E-state index in [2.05, 4.69) is 155 Å². The van der Waals surface area contributed by atoms with Gasteiger partial charge in [-0.15, -0.1) is 23.6 Å². The first kappa shape index (κ1) is 40.5. The molecule has 4 heterocycles. The van der Waals surface area contributed by atoms with Gasteiger partial charge < -0.3 is 9.30 Å². The third kappa shape index (κ3) is 7.46. The molecular weight excluding hydrogens is 946 g/mol. The number of pyridine rings is 1. The fraction of sp³-hybridized carbons (Fsp3) is 0.151. The Hall–Kier alpha value is -6.85. The van der Waals surface area contributed by atoms with E-state index in [4.69, 9.17) is 24.7 Å². The van der Waals surface area contributed by atoms with Crippen molar-refractivity contribution >= 4 is 44.9 Å². The summed E-state index contributed by atoms with van der Waals surface area (Å²) in [5.41, 5.74) is 11.7. The molecular formula is C53H43N7OPt+2. The van der Waals surface area contributed by atoms with E-state index in [0.717, 1.165) is 72.5 Å². The maximum atomic E-state index is 6.98. The summed E-state index contributed by atoms with van der Waals surface area (Å²) in [4.78, 5) is 20.3. The molecule has 3 aromatic heterocycles. The van der Waals surface area contributed by atoms with Gasteiger partial charge in [-0.25, -0.2) is 19.9 Å². The maximum absolute atomic E-state index is 6.98. The molecule has 0 atom stereocenters. The second kappa shape index (κ2) is 15.9. The molecule has 304 valence electrons. The number of hydrogen-bond donors (Lipinski definition) is 0. The van der Waals surface area contributed by atoms with E-state index in [1.165, 1.54) is 5.56 Å². The van der Waals surface area contributed by atoms with Crippen molar-refractivity contribution in [1.82, 2.24) is 29.1 Å². The molecule has 0 unspecified atom stereocenters. The van der Waals surface area contributed by atoms with Crippen LogP contribution in [0.5, 0.6) is 11.5 Å². The summed E-state index contributed by atoms with van der Waals surface area (Å²) in [6, 6.07) is 54.3.